The molecule has 2 rings (SSSR count). The van der Waals surface area contributed by atoms with Crippen molar-refractivity contribution in [1.82, 2.24) is 5.32 Å². The zero-order valence-corrected chi connectivity index (χ0v) is 13.5. The lowest BCUT2D eigenvalue weighted by Crippen LogP contribution is -2.33. The van der Waals surface area contributed by atoms with E-state index in [9.17, 15) is 9.90 Å². The van der Waals surface area contributed by atoms with Gasteiger partial charge in [0.15, 0.2) is 0 Å². The summed E-state index contributed by atoms with van der Waals surface area (Å²) in [6, 6.07) is 16.4. The number of carbonyl (C=O) groups is 1. The van der Waals surface area contributed by atoms with Gasteiger partial charge in [-0.05, 0) is 50.1 Å². The van der Waals surface area contributed by atoms with Crippen molar-refractivity contribution in [2.75, 3.05) is 6.61 Å². The highest BCUT2D eigenvalue weighted by molar-refractivity contribution is 5.94. The third-order valence-corrected chi connectivity index (χ3v) is 3.57. The summed E-state index contributed by atoms with van der Waals surface area (Å²) in [6.45, 7) is 4.40. The van der Waals surface area contributed by atoms with Gasteiger partial charge < -0.3 is 15.2 Å². The molecule has 0 saturated carbocycles. The molecule has 0 aromatic heterocycles. The van der Waals surface area contributed by atoms with Crippen molar-refractivity contribution in [3.8, 4) is 5.75 Å². The molecule has 2 atom stereocenters. The fourth-order valence-corrected chi connectivity index (χ4v) is 2.38. The number of ether oxygens (including phenoxy) is 1. The predicted octanol–water partition coefficient (Wildman–Crippen LogP) is 3.33. The molecule has 2 N–H and O–H groups in total. The van der Waals surface area contributed by atoms with Gasteiger partial charge in [-0.25, -0.2) is 0 Å². The number of nitrogens with one attached hydrogen (secondary N) is 1. The van der Waals surface area contributed by atoms with E-state index in [4.69, 9.17) is 4.74 Å². The molecule has 0 spiro atoms. The number of amides is 1. The van der Waals surface area contributed by atoms with Gasteiger partial charge in [0.05, 0.1) is 12.7 Å². The number of hydrogen-bond acceptors (Lipinski definition) is 3. The topological polar surface area (TPSA) is 58.6 Å². The second-order valence-electron chi connectivity index (χ2n) is 5.49. The van der Waals surface area contributed by atoms with Gasteiger partial charge in [0.2, 0.25) is 0 Å². The Bertz CT molecular complexity index is 610. The minimum absolute atomic E-state index is 0.135. The van der Waals surface area contributed by atoms with Crippen LogP contribution in [0.1, 0.15) is 42.3 Å². The normalized spacial score (nSPS) is 13.2. The largest absolute Gasteiger partial charge is 0.494 e. The predicted molar refractivity (Wildman–Crippen MR) is 90.6 cm³/mol. The van der Waals surface area contributed by atoms with Gasteiger partial charge in [0.1, 0.15) is 5.75 Å². The highest BCUT2D eigenvalue weighted by Crippen LogP contribution is 2.18. The summed E-state index contributed by atoms with van der Waals surface area (Å²) < 4.78 is 5.36. The van der Waals surface area contributed by atoms with E-state index in [1.54, 1.807) is 24.3 Å². The quantitative estimate of drug-likeness (QED) is 0.824. The van der Waals surface area contributed by atoms with E-state index in [2.05, 4.69) is 5.32 Å². The monoisotopic (exact) mass is 313 g/mol. The smallest absolute Gasteiger partial charge is 0.251 e. The lowest BCUT2D eigenvalue weighted by Gasteiger charge is -2.18. The van der Waals surface area contributed by atoms with Crippen LogP contribution in [0, 0.1) is 0 Å². The molecule has 1 amide bonds. The van der Waals surface area contributed by atoms with Crippen LogP contribution >= 0.6 is 0 Å². The number of rotatable bonds is 7. The molecule has 4 heteroatoms. The maximum absolute atomic E-state index is 12.2. The summed E-state index contributed by atoms with van der Waals surface area (Å²) in [5.74, 6) is 0.595. The fraction of sp³-hybridized carbons (Fsp3) is 0.316. The zero-order valence-electron chi connectivity index (χ0n) is 13.5. The number of aliphatic hydroxyl groups excluding tert-OH is 1. The van der Waals surface area contributed by atoms with Gasteiger partial charge in [0, 0.05) is 11.6 Å². The van der Waals surface area contributed by atoms with Gasteiger partial charge in [-0.2, -0.15) is 0 Å². The molecule has 0 aliphatic carbocycles. The Labute approximate surface area is 137 Å². The van der Waals surface area contributed by atoms with E-state index in [0.29, 0.717) is 18.6 Å². The fourth-order valence-electron chi connectivity index (χ4n) is 2.38. The molecular formula is C19H23NO3. The second kappa shape index (κ2) is 8.34. The first-order valence-corrected chi connectivity index (χ1v) is 7.87. The Balaban J connectivity index is 1.89. The Morgan fingerprint density at radius 2 is 1.78 bits per heavy atom. The van der Waals surface area contributed by atoms with E-state index in [1.807, 2.05) is 44.2 Å². The van der Waals surface area contributed by atoms with Crippen LogP contribution in [0.5, 0.6) is 5.75 Å². The molecule has 0 aliphatic heterocycles. The Morgan fingerprint density at radius 3 is 2.39 bits per heavy atom. The lowest BCUT2D eigenvalue weighted by molar-refractivity contribution is 0.0917. The molecule has 0 radical (unpaired) electrons. The molecule has 2 unspecified atom stereocenters. The van der Waals surface area contributed by atoms with Gasteiger partial charge >= 0.3 is 0 Å². The van der Waals surface area contributed by atoms with Crippen molar-refractivity contribution in [3.63, 3.8) is 0 Å². The number of benzene rings is 2. The first-order valence-electron chi connectivity index (χ1n) is 7.87. The molecule has 2 aromatic rings. The molecule has 0 bridgehead atoms. The lowest BCUT2D eigenvalue weighted by atomic mass is 10.0. The van der Waals surface area contributed by atoms with Crippen molar-refractivity contribution >= 4 is 5.91 Å². The maximum Gasteiger partial charge on any atom is 0.251 e. The minimum atomic E-state index is -0.591. The van der Waals surface area contributed by atoms with Gasteiger partial charge in [-0.15, -0.1) is 0 Å². The Morgan fingerprint density at radius 1 is 1.13 bits per heavy atom. The molecule has 4 nitrogen and oxygen atoms in total. The molecule has 122 valence electrons. The summed E-state index contributed by atoms with van der Waals surface area (Å²) in [7, 11) is 0. The third kappa shape index (κ3) is 5.11. The molecule has 0 saturated heterocycles. The van der Waals surface area contributed by atoms with Crippen LogP contribution in [0.2, 0.25) is 0 Å². The van der Waals surface area contributed by atoms with Crippen molar-refractivity contribution in [2.24, 2.45) is 0 Å². The number of hydrogen-bond donors (Lipinski definition) is 2. The van der Waals surface area contributed by atoms with E-state index in [1.165, 1.54) is 0 Å². The summed E-state index contributed by atoms with van der Waals surface area (Å²) in [6.07, 6.45) is -0.126. The van der Waals surface area contributed by atoms with E-state index < -0.39 is 6.10 Å². The van der Waals surface area contributed by atoms with Crippen LogP contribution in [0.3, 0.4) is 0 Å². The highest BCUT2D eigenvalue weighted by Gasteiger charge is 2.15. The summed E-state index contributed by atoms with van der Waals surface area (Å²) in [5.41, 5.74) is 1.43. The molecule has 0 heterocycles. The molecule has 0 fully saturated rings. The van der Waals surface area contributed by atoms with Crippen LogP contribution in [0.25, 0.3) is 0 Å². The standard InChI is InChI=1S/C19H23NO3/c1-3-23-17-11-9-16(10-12-17)19(22)20-14(2)13-18(21)15-7-5-4-6-8-15/h4-12,14,18,21H,3,13H2,1-2H3,(H,20,22). The van der Waals surface area contributed by atoms with E-state index >= 15 is 0 Å². The first-order chi connectivity index (χ1) is 11.1. The Hall–Kier alpha value is -2.33. The summed E-state index contributed by atoms with van der Waals surface area (Å²) >= 11 is 0. The Kier molecular flexibility index (Phi) is 6.18. The molecule has 23 heavy (non-hydrogen) atoms. The van der Waals surface area contributed by atoms with Crippen molar-refractivity contribution in [1.29, 1.82) is 0 Å². The SMILES string of the molecule is CCOc1ccc(C(=O)NC(C)CC(O)c2ccccc2)cc1. The maximum atomic E-state index is 12.2. The molecular weight excluding hydrogens is 290 g/mol. The van der Waals surface area contributed by atoms with Crippen molar-refractivity contribution < 1.29 is 14.6 Å². The van der Waals surface area contributed by atoms with Crippen LogP contribution in [0.4, 0.5) is 0 Å². The van der Waals surface area contributed by atoms with Gasteiger partial charge in [-0.1, -0.05) is 30.3 Å². The van der Waals surface area contributed by atoms with Gasteiger partial charge in [-0.3, -0.25) is 4.79 Å². The van der Waals surface area contributed by atoms with Crippen molar-refractivity contribution in [3.05, 3.63) is 65.7 Å². The average Bonchev–Trinajstić information content (AvgIpc) is 2.56. The minimum Gasteiger partial charge on any atom is -0.494 e. The number of aliphatic hydroxyl groups is 1. The van der Waals surface area contributed by atoms with E-state index in [-0.39, 0.29) is 11.9 Å². The summed E-state index contributed by atoms with van der Waals surface area (Å²) in [4.78, 5) is 12.2. The first kappa shape index (κ1) is 17.0. The second-order valence-corrected chi connectivity index (χ2v) is 5.49. The number of carbonyl (C=O) groups excluding carboxylic acids is 1. The third-order valence-electron chi connectivity index (χ3n) is 3.57. The van der Waals surface area contributed by atoms with Crippen LogP contribution in [0.15, 0.2) is 54.6 Å². The highest BCUT2D eigenvalue weighted by atomic mass is 16.5. The molecule has 0 aliphatic rings. The van der Waals surface area contributed by atoms with Crippen LogP contribution < -0.4 is 10.1 Å². The summed E-state index contributed by atoms with van der Waals surface area (Å²) in [5, 5.41) is 13.1. The van der Waals surface area contributed by atoms with E-state index in [0.717, 1.165) is 11.3 Å². The van der Waals surface area contributed by atoms with Crippen LogP contribution in [-0.4, -0.2) is 23.7 Å². The average molecular weight is 313 g/mol. The molecule has 2 aromatic carbocycles. The van der Waals surface area contributed by atoms with Crippen LogP contribution in [-0.2, 0) is 0 Å². The van der Waals surface area contributed by atoms with Crippen molar-refractivity contribution in [2.45, 2.75) is 32.4 Å². The zero-order chi connectivity index (χ0) is 16.7. The van der Waals surface area contributed by atoms with Gasteiger partial charge in [0.25, 0.3) is 5.91 Å².